The van der Waals surface area contributed by atoms with E-state index >= 15 is 0 Å². The van der Waals surface area contributed by atoms with E-state index in [0.29, 0.717) is 13.0 Å². The molecule has 1 aliphatic rings. The normalized spacial score (nSPS) is 21.3. The van der Waals surface area contributed by atoms with E-state index in [-0.39, 0.29) is 13.0 Å². The van der Waals surface area contributed by atoms with Crippen LogP contribution in [0.3, 0.4) is 0 Å². The molecule has 6 nitrogen and oxygen atoms in total. The Hall–Kier alpha value is -2.08. The maximum atomic E-state index is 12.0. The van der Waals surface area contributed by atoms with Crippen LogP contribution >= 0.6 is 0 Å². The average molecular weight is 292 g/mol. The highest BCUT2D eigenvalue weighted by atomic mass is 16.4. The molecular weight excluding hydrogens is 272 g/mol. The third-order valence-electron chi connectivity index (χ3n) is 3.76. The molecule has 0 aromatic heterocycles. The Morgan fingerprint density at radius 1 is 1.38 bits per heavy atom. The van der Waals surface area contributed by atoms with Gasteiger partial charge in [0.25, 0.3) is 0 Å². The Labute approximate surface area is 123 Å². The molecule has 2 amide bonds. The van der Waals surface area contributed by atoms with Crippen LogP contribution in [0.15, 0.2) is 24.3 Å². The van der Waals surface area contributed by atoms with Crippen molar-refractivity contribution >= 4 is 12.0 Å². The monoisotopic (exact) mass is 292 g/mol. The zero-order chi connectivity index (χ0) is 15.4. The Bertz CT molecular complexity index is 532. The van der Waals surface area contributed by atoms with Gasteiger partial charge in [-0.3, -0.25) is 0 Å². The van der Waals surface area contributed by atoms with Gasteiger partial charge in [0.05, 0.1) is 6.10 Å². The molecule has 6 heteroatoms. The molecule has 1 aromatic carbocycles. The first-order chi connectivity index (χ1) is 9.99. The van der Waals surface area contributed by atoms with Gasteiger partial charge in [-0.05, 0) is 24.5 Å². The van der Waals surface area contributed by atoms with Crippen LogP contribution in [0.2, 0.25) is 0 Å². The van der Waals surface area contributed by atoms with E-state index < -0.39 is 24.1 Å². The molecule has 114 valence electrons. The predicted octanol–water partition coefficient (Wildman–Crippen LogP) is 0.767. The number of aliphatic hydroxyl groups is 1. The fourth-order valence-corrected chi connectivity index (χ4v) is 2.57. The number of carboxylic acid groups (broad SMARTS) is 1. The van der Waals surface area contributed by atoms with Gasteiger partial charge < -0.3 is 20.4 Å². The molecule has 2 unspecified atom stereocenters. The Morgan fingerprint density at radius 2 is 2.10 bits per heavy atom. The number of aryl methyl sites for hydroxylation is 1. The van der Waals surface area contributed by atoms with Gasteiger partial charge in [0, 0.05) is 19.5 Å². The summed E-state index contributed by atoms with van der Waals surface area (Å²) in [6, 6.07) is 6.53. The summed E-state index contributed by atoms with van der Waals surface area (Å²) in [5.41, 5.74) is 2.31. The maximum Gasteiger partial charge on any atom is 0.326 e. The third kappa shape index (κ3) is 3.72. The highest BCUT2D eigenvalue weighted by Crippen LogP contribution is 2.18. The topological polar surface area (TPSA) is 89.9 Å². The number of carbonyl (C=O) groups is 2. The molecule has 0 bridgehead atoms. The van der Waals surface area contributed by atoms with Gasteiger partial charge in [0.15, 0.2) is 0 Å². The van der Waals surface area contributed by atoms with Crippen molar-refractivity contribution in [2.24, 2.45) is 0 Å². The van der Waals surface area contributed by atoms with Gasteiger partial charge in [0.1, 0.15) is 6.04 Å². The second kappa shape index (κ2) is 6.58. The van der Waals surface area contributed by atoms with E-state index in [1.54, 1.807) is 0 Å². The zero-order valence-electron chi connectivity index (χ0n) is 12.0. The van der Waals surface area contributed by atoms with Gasteiger partial charge in [-0.2, -0.15) is 0 Å². The summed E-state index contributed by atoms with van der Waals surface area (Å²) in [5, 5.41) is 21.3. The van der Waals surface area contributed by atoms with Crippen LogP contribution in [0, 0.1) is 6.92 Å². The van der Waals surface area contributed by atoms with E-state index in [2.05, 4.69) is 5.32 Å². The largest absolute Gasteiger partial charge is 0.480 e. The molecule has 2 atom stereocenters. The molecular formula is C15H20N2O4. The minimum absolute atomic E-state index is 0.0627. The number of aliphatic carboxylic acids is 1. The summed E-state index contributed by atoms with van der Waals surface area (Å²) in [4.78, 5) is 24.3. The number of hydrogen-bond acceptors (Lipinski definition) is 3. The molecule has 21 heavy (non-hydrogen) atoms. The predicted molar refractivity (Wildman–Crippen MR) is 77.0 cm³/mol. The van der Waals surface area contributed by atoms with Crippen molar-refractivity contribution in [2.45, 2.75) is 31.9 Å². The number of β-amino-alcohol motifs (C(OH)–C–C–N with tert-alkyl or cyclic N) is 1. The van der Waals surface area contributed by atoms with Crippen LogP contribution in [0.4, 0.5) is 4.79 Å². The molecule has 1 aromatic rings. The van der Waals surface area contributed by atoms with Crippen molar-refractivity contribution in [3.63, 3.8) is 0 Å². The number of carbonyl (C=O) groups excluding carboxylic acids is 1. The summed E-state index contributed by atoms with van der Waals surface area (Å²) in [6.07, 6.45) is 0.000756. The summed E-state index contributed by atoms with van der Waals surface area (Å²) < 4.78 is 0. The molecule has 1 aliphatic heterocycles. The molecule has 1 saturated heterocycles. The highest BCUT2D eigenvalue weighted by molar-refractivity contribution is 5.83. The molecule has 2 rings (SSSR count). The highest BCUT2D eigenvalue weighted by Gasteiger charge is 2.38. The van der Waals surface area contributed by atoms with E-state index in [1.807, 2.05) is 31.2 Å². The Kier molecular flexibility index (Phi) is 4.80. The first-order valence-corrected chi connectivity index (χ1v) is 6.99. The van der Waals surface area contributed by atoms with Crippen molar-refractivity contribution in [3.8, 4) is 0 Å². The lowest BCUT2D eigenvalue weighted by Gasteiger charge is -2.21. The second-order valence-corrected chi connectivity index (χ2v) is 5.30. The van der Waals surface area contributed by atoms with Gasteiger partial charge in [-0.1, -0.05) is 24.3 Å². The number of likely N-dealkylation sites (tertiary alicyclic amines) is 1. The lowest BCUT2D eigenvalue weighted by atomic mass is 10.1. The molecule has 0 spiro atoms. The van der Waals surface area contributed by atoms with Crippen LogP contribution in [-0.4, -0.2) is 52.3 Å². The first kappa shape index (κ1) is 15.3. The van der Waals surface area contributed by atoms with Crippen LogP contribution in [0.5, 0.6) is 0 Å². The molecule has 0 aliphatic carbocycles. The van der Waals surface area contributed by atoms with E-state index in [4.69, 9.17) is 5.11 Å². The van der Waals surface area contributed by atoms with Crippen LogP contribution in [0.25, 0.3) is 0 Å². The third-order valence-corrected chi connectivity index (χ3v) is 3.76. The number of aliphatic hydroxyl groups excluding tert-OH is 1. The summed E-state index contributed by atoms with van der Waals surface area (Å²) in [6.45, 7) is 2.50. The van der Waals surface area contributed by atoms with Crippen molar-refractivity contribution in [2.75, 3.05) is 13.1 Å². The molecule has 1 fully saturated rings. The fraction of sp³-hybridized carbons (Fsp3) is 0.467. The van der Waals surface area contributed by atoms with E-state index in [9.17, 15) is 14.7 Å². The van der Waals surface area contributed by atoms with Crippen molar-refractivity contribution in [1.82, 2.24) is 10.2 Å². The standard InChI is InChI=1S/C15H20N2O4/c1-10-4-2-3-5-11(10)6-7-16-15(21)17-9-12(18)8-13(17)14(19)20/h2-5,12-13,18H,6-9H2,1H3,(H,16,21)(H,19,20). The maximum absolute atomic E-state index is 12.0. The lowest BCUT2D eigenvalue weighted by Crippen LogP contribution is -2.46. The van der Waals surface area contributed by atoms with Crippen LogP contribution in [-0.2, 0) is 11.2 Å². The molecule has 1 heterocycles. The van der Waals surface area contributed by atoms with Gasteiger partial charge in [0.2, 0.25) is 0 Å². The van der Waals surface area contributed by atoms with Gasteiger partial charge >= 0.3 is 12.0 Å². The number of hydrogen-bond donors (Lipinski definition) is 3. The Balaban J connectivity index is 1.87. The zero-order valence-corrected chi connectivity index (χ0v) is 12.0. The minimum atomic E-state index is -1.08. The SMILES string of the molecule is Cc1ccccc1CCNC(=O)N1CC(O)CC1C(=O)O. The summed E-state index contributed by atoms with van der Waals surface area (Å²) in [7, 11) is 0. The fourth-order valence-electron chi connectivity index (χ4n) is 2.57. The minimum Gasteiger partial charge on any atom is -0.480 e. The molecule has 3 N–H and O–H groups in total. The van der Waals surface area contributed by atoms with Crippen LogP contribution in [0.1, 0.15) is 17.5 Å². The van der Waals surface area contributed by atoms with Crippen molar-refractivity contribution in [1.29, 1.82) is 0 Å². The van der Waals surface area contributed by atoms with Crippen LogP contribution < -0.4 is 5.32 Å². The van der Waals surface area contributed by atoms with E-state index in [1.165, 1.54) is 4.90 Å². The molecule has 0 saturated carbocycles. The van der Waals surface area contributed by atoms with Crippen molar-refractivity contribution in [3.05, 3.63) is 35.4 Å². The summed E-state index contributed by atoms with van der Waals surface area (Å²) >= 11 is 0. The van der Waals surface area contributed by atoms with Gasteiger partial charge in [-0.25, -0.2) is 9.59 Å². The lowest BCUT2D eigenvalue weighted by molar-refractivity contribution is -0.141. The van der Waals surface area contributed by atoms with Crippen molar-refractivity contribution < 1.29 is 19.8 Å². The number of carboxylic acids is 1. The quantitative estimate of drug-likeness (QED) is 0.764. The average Bonchev–Trinajstić information content (AvgIpc) is 2.83. The Morgan fingerprint density at radius 3 is 2.76 bits per heavy atom. The number of urea groups is 1. The smallest absolute Gasteiger partial charge is 0.326 e. The number of nitrogens with zero attached hydrogens (tertiary/aromatic N) is 1. The number of rotatable bonds is 4. The number of benzene rings is 1. The molecule has 0 radical (unpaired) electrons. The first-order valence-electron chi connectivity index (χ1n) is 6.99. The van der Waals surface area contributed by atoms with Gasteiger partial charge in [-0.15, -0.1) is 0 Å². The number of amides is 2. The number of nitrogens with one attached hydrogen (secondary N) is 1. The second-order valence-electron chi connectivity index (χ2n) is 5.30. The van der Waals surface area contributed by atoms with E-state index in [0.717, 1.165) is 11.1 Å². The summed E-state index contributed by atoms with van der Waals surface area (Å²) in [5.74, 6) is -1.08.